The molecule has 104 valence electrons. The fourth-order valence-electron chi connectivity index (χ4n) is 1.46. The lowest BCUT2D eigenvalue weighted by molar-refractivity contribution is 0.0600. The van der Waals surface area contributed by atoms with E-state index in [4.69, 9.17) is 9.26 Å². The zero-order valence-corrected chi connectivity index (χ0v) is 10.9. The van der Waals surface area contributed by atoms with Crippen LogP contribution in [0.3, 0.4) is 0 Å². The largest absolute Gasteiger partial charge is 0.479 e. The highest BCUT2D eigenvalue weighted by atomic mass is 16.5. The molecule has 7 nitrogen and oxygen atoms in total. The van der Waals surface area contributed by atoms with Gasteiger partial charge in [-0.2, -0.15) is 0 Å². The molecule has 1 aromatic heterocycles. The molecule has 0 radical (unpaired) electrons. The number of aromatic nitrogens is 1. The zero-order chi connectivity index (χ0) is 14.5. The molecule has 0 atom stereocenters. The van der Waals surface area contributed by atoms with Crippen molar-refractivity contribution in [1.29, 1.82) is 0 Å². The molecule has 0 saturated heterocycles. The molecule has 20 heavy (non-hydrogen) atoms. The summed E-state index contributed by atoms with van der Waals surface area (Å²) in [6, 6.07) is 7.62. The highest BCUT2D eigenvalue weighted by molar-refractivity contribution is 6.02. The zero-order valence-electron chi connectivity index (χ0n) is 10.9. The van der Waals surface area contributed by atoms with Crippen molar-refractivity contribution < 1.29 is 23.6 Å². The van der Waals surface area contributed by atoms with Crippen LogP contribution in [0.15, 0.2) is 34.9 Å². The van der Waals surface area contributed by atoms with Gasteiger partial charge >= 0.3 is 5.97 Å². The van der Waals surface area contributed by atoms with Crippen molar-refractivity contribution in [1.82, 2.24) is 5.16 Å². The summed E-state index contributed by atoms with van der Waals surface area (Å²) in [4.78, 5) is 23.1. The average Bonchev–Trinajstić information content (AvgIpc) is 2.96. The second-order valence-electron chi connectivity index (χ2n) is 3.76. The molecule has 0 aliphatic heterocycles. The first-order valence-corrected chi connectivity index (χ1v) is 5.64. The van der Waals surface area contributed by atoms with E-state index in [1.807, 2.05) is 0 Å². The number of rotatable bonds is 4. The molecule has 7 heteroatoms. The molecule has 0 aliphatic rings. The van der Waals surface area contributed by atoms with E-state index in [1.165, 1.54) is 20.3 Å². The number of benzene rings is 1. The maximum absolute atomic E-state index is 11.8. The van der Waals surface area contributed by atoms with E-state index in [2.05, 4.69) is 15.2 Å². The maximum atomic E-state index is 11.8. The number of carbonyl (C=O) groups excluding carboxylic acids is 2. The second-order valence-corrected chi connectivity index (χ2v) is 3.76. The minimum absolute atomic E-state index is 0.0268. The van der Waals surface area contributed by atoms with Crippen LogP contribution < -0.4 is 10.1 Å². The van der Waals surface area contributed by atoms with Crippen molar-refractivity contribution in [3.63, 3.8) is 0 Å². The van der Waals surface area contributed by atoms with Crippen LogP contribution in [0.25, 0.3) is 0 Å². The molecule has 1 aromatic carbocycles. The fourth-order valence-corrected chi connectivity index (χ4v) is 1.46. The van der Waals surface area contributed by atoms with Crippen molar-refractivity contribution >= 4 is 17.6 Å². The molecule has 0 spiro atoms. The van der Waals surface area contributed by atoms with E-state index < -0.39 is 11.9 Å². The van der Waals surface area contributed by atoms with Crippen molar-refractivity contribution in [3.8, 4) is 5.88 Å². The topological polar surface area (TPSA) is 90.7 Å². The van der Waals surface area contributed by atoms with Gasteiger partial charge in [0.15, 0.2) is 0 Å². The van der Waals surface area contributed by atoms with Gasteiger partial charge in [0.05, 0.1) is 25.8 Å². The van der Waals surface area contributed by atoms with E-state index in [0.29, 0.717) is 11.3 Å². The van der Waals surface area contributed by atoms with Crippen molar-refractivity contribution in [2.45, 2.75) is 0 Å². The van der Waals surface area contributed by atoms with E-state index in [1.54, 1.807) is 24.3 Å². The van der Waals surface area contributed by atoms with Gasteiger partial charge in [-0.1, -0.05) is 0 Å². The highest BCUT2D eigenvalue weighted by Crippen LogP contribution is 2.14. The predicted octanol–water partition coefficient (Wildman–Crippen LogP) is 1.72. The summed E-state index contributed by atoms with van der Waals surface area (Å²) < 4.78 is 14.2. The van der Waals surface area contributed by atoms with Crippen LogP contribution in [-0.2, 0) is 4.74 Å². The van der Waals surface area contributed by atoms with Crippen LogP contribution in [0.4, 0.5) is 5.69 Å². The number of amides is 1. The lowest BCUT2D eigenvalue weighted by Crippen LogP contribution is -2.11. The molecule has 1 amide bonds. The van der Waals surface area contributed by atoms with E-state index in [9.17, 15) is 9.59 Å². The van der Waals surface area contributed by atoms with Crippen LogP contribution in [0.5, 0.6) is 5.88 Å². The first-order valence-electron chi connectivity index (χ1n) is 5.64. The van der Waals surface area contributed by atoms with Crippen molar-refractivity contribution in [2.75, 3.05) is 19.5 Å². The Morgan fingerprint density at radius 3 is 2.45 bits per heavy atom. The Kier molecular flexibility index (Phi) is 3.99. The summed E-state index contributed by atoms with van der Waals surface area (Å²) in [5.41, 5.74) is 0.907. The first-order chi connectivity index (χ1) is 9.63. The normalized spacial score (nSPS) is 9.90. The number of hydrogen-bond donors (Lipinski definition) is 1. The number of ether oxygens (including phenoxy) is 2. The third kappa shape index (κ3) is 2.94. The first kappa shape index (κ1) is 13.6. The molecule has 0 unspecified atom stereocenters. The molecule has 0 saturated carbocycles. The predicted molar refractivity (Wildman–Crippen MR) is 68.8 cm³/mol. The number of nitrogens with one attached hydrogen (secondary N) is 1. The Morgan fingerprint density at radius 1 is 1.20 bits per heavy atom. The summed E-state index contributed by atoms with van der Waals surface area (Å²) in [6.07, 6.45) is 0. The molecular formula is C13H12N2O5. The van der Waals surface area contributed by atoms with Crippen LogP contribution in [0, 0.1) is 0 Å². The molecule has 0 fully saturated rings. The number of carbonyl (C=O) groups is 2. The lowest BCUT2D eigenvalue weighted by Gasteiger charge is -2.03. The average molecular weight is 276 g/mol. The summed E-state index contributed by atoms with van der Waals surface area (Å²) in [6.45, 7) is 0. The van der Waals surface area contributed by atoms with E-state index in [0.717, 1.165) is 0 Å². The number of esters is 1. The van der Waals surface area contributed by atoms with Gasteiger partial charge in [0.1, 0.15) is 0 Å². The van der Waals surface area contributed by atoms with Crippen LogP contribution in [0.1, 0.15) is 20.9 Å². The standard InChI is InChI=1S/C13H12N2O5/c1-18-11-7-10(20-15-11)12(16)14-9-5-3-8(4-6-9)13(17)19-2/h3-7H,1-2H3,(H,14,16). The third-order valence-electron chi connectivity index (χ3n) is 2.49. The highest BCUT2D eigenvalue weighted by Gasteiger charge is 2.14. The Bertz CT molecular complexity index is 618. The van der Waals surface area contributed by atoms with Gasteiger partial charge in [0.2, 0.25) is 5.76 Å². The Morgan fingerprint density at radius 2 is 1.90 bits per heavy atom. The summed E-state index contributed by atoms with van der Waals surface area (Å²) >= 11 is 0. The van der Waals surface area contributed by atoms with Gasteiger partial charge in [0, 0.05) is 5.69 Å². The summed E-state index contributed by atoms with van der Waals surface area (Å²) in [5, 5.41) is 6.13. The monoisotopic (exact) mass is 276 g/mol. The third-order valence-corrected chi connectivity index (χ3v) is 2.49. The lowest BCUT2D eigenvalue weighted by atomic mass is 10.2. The van der Waals surface area contributed by atoms with Gasteiger partial charge in [-0.15, -0.1) is 0 Å². The van der Waals surface area contributed by atoms with Gasteiger partial charge in [-0.05, 0) is 29.4 Å². The van der Waals surface area contributed by atoms with E-state index >= 15 is 0 Å². The number of methoxy groups -OCH3 is 2. The number of hydrogen-bond acceptors (Lipinski definition) is 6. The van der Waals surface area contributed by atoms with E-state index in [-0.39, 0.29) is 11.6 Å². The minimum atomic E-state index is -0.466. The Balaban J connectivity index is 2.06. The van der Waals surface area contributed by atoms with Crippen LogP contribution >= 0.6 is 0 Å². The van der Waals surface area contributed by atoms with Gasteiger partial charge in [-0.3, -0.25) is 4.79 Å². The molecule has 1 heterocycles. The summed E-state index contributed by atoms with van der Waals surface area (Å²) in [5.74, 6) is -0.662. The Hall–Kier alpha value is -2.83. The van der Waals surface area contributed by atoms with Crippen LogP contribution in [0.2, 0.25) is 0 Å². The maximum Gasteiger partial charge on any atom is 0.337 e. The molecule has 2 rings (SSSR count). The molecule has 0 aliphatic carbocycles. The number of anilines is 1. The summed E-state index contributed by atoms with van der Waals surface area (Å²) in [7, 11) is 2.72. The molecule has 1 N–H and O–H groups in total. The van der Waals surface area contributed by atoms with Crippen LogP contribution in [-0.4, -0.2) is 31.3 Å². The fraction of sp³-hybridized carbons (Fsp3) is 0.154. The smallest absolute Gasteiger partial charge is 0.337 e. The van der Waals surface area contributed by atoms with Crippen molar-refractivity contribution in [2.24, 2.45) is 0 Å². The molecule has 2 aromatic rings. The minimum Gasteiger partial charge on any atom is -0.479 e. The number of nitrogens with zero attached hydrogens (tertiary/aromatic N) is 1. The second kappa shape index (κ2) is 5.87. The van der Waals surface area contributed by atoms with Crippen molar-refractivity contribution in [3.05, 3.63) is 41.7 Å². The molecular weight excluding hydrogens is 264 g/mol. The van der Waals surface area contributed by atoms with Gasteiger partial charge in [0.25, 0.3) is 11.8 Å². The SMILES string of the molecule is COC(=O)c1ccc(NC(=O)c2cc(OC)no2)cc1. The molecule has 0 bridgehead atoms. The quantitative estimate of drug-likeness (QED) is 0.855. The van der Waals surface area contributed by atoms with Gasteiger partial charge in [-0.25, -0.2) is 4.79 Å². The Labute approximate surface area is 114 Å². The van der Waals surface area contributed by atoms with Gasteiger partial charge < -0.3 is 19.3 Å².